The summed E-state index contributed by atoms with van der Waals surface area (Å²) in [6.45, 7) is 0.909. The zero-order chi connectivity index (χ0) is 35.7. The Bertz CT molecular complexity index is 1650. The molecule has 3 heterocycles. The van der Waals surface area contributed by atoms with Crippen molar-refractivity contribution in [3.8, 4) is 11.4 Å². The Morgan fingerprint density at radius 1 is 0.939 bits per heavy atom. The summed E-state index contributed by atoms with van der Waals surface area (Å²) in [7, 11) is 3.80. The molecule has 17 heteroatoms. The second kappa shape index (κ2) is 14.1. The van der Waals surface area contributed by atoms with E-state index < -0.39 is 64.8 Å². The summed E-state index contributed by atoms with van der Waals surface area (Å²) in [5, 5.41) is 7.01. The lowest BCUT2D eigenvalue weighted by Crippen LogP contribution is -2.56. The van der Waals surface area contributed by atoms with Crippen LogP contribution in [-0.4, -0.2) is 93.8 Å². The molecular formula is C32H38F6N8O3. The van der Waals surface area contributed by atoms with Crippen LogP contribution in [0, 0.1) is 0 Å². The van der Waals surface area contributed by atoms with Gasteiger partial charge in [-0.2, -0.15) is 26.3 Å². The van der Waals surface area contributed by atoms with Crippen LogP contribution < -0.4 is 16.7 Å². The molecule has 49 heavy (non-hydrogen) atoms. The van der Waals surface area contributed by atoms with Gasteiger partial charge in [-0.05, 0) is 57.5 Å². The first-order chi connectivity index (χ1) is 23.0. The van der Waals surface area contributed by atoms with Crippen LogP contribution >= 0.6 is 0 Å². The molecule has 0 radical (unpaired) electrons. The Kier molecular flexibility index (Phi) is 10.3. The van der Waals surface area contributed by atoms with Gasteiger partial charge in [-0.1, -0.05) is 30.3 Å². The lowest BCUT2D eigenvalue weighted by Gasteiger charge is -2.37. The first-order valence-electron chi connectivity index (χ1n) is 15.8. The number of nitrogens with two attached hydrogens (primary N) is 1. The number of amides is 3. The summed E-state index contributed by atoms with van der Waals surface area (Å²) in [6.07, 6.45) is -9.14. The van der Waals surface area contributed by atoms with Crippen LogP contribution in [0.2, 0.25) is 0 Å². The Hall–Kier alpha value is -4.54. The molecule has 2 aromatic carbocycles. The van der Waals surface area contributed by atoms with Gasteiger partial charge in [0.05, 0.1) is 22.9 Å². The summed E-state index contributed by atoms with van der Waals surface area (Å²) in [5.74, 6) is -0.220. The summed E-state index contributed by atoms with van der Waals surface area (Å²) >= 11 is 0. The largest absolute Gasteiger partial charge is 0.418 e. The Morgan fingerprint density at radius 2 is 1.49 bits per heavy atom. The molecule has 0 bridgehead atoms. The molecule has 2 fully saturated rings. The number of anilines is 1. The van der Waals surface area contributed by atoms with E-state index in [2.05, 4.69) is 15.4 Å². The SMILES string of the molecule is CN(C)C1CCN(C(=O)[C@@H](Cc2cc(C(F)(F)F)c(N)c(C(F)(F)F)c2)NC(=O)N2CCC(n3nc(-c4ccccc4)[nH]c3=O)CC2)CC1. The lowest BCUT2D eigenvalue weighted by molar-refractivity contribution is -0.141. The number of rotatable bonds is 7. The number of H-pyrrole nitrogens is 1. The Morgan fingerprint density at radius 3 is 2.02 bits per heavy atom. The molecule has 5 rings (SSSR count). The molecule has 2 aliphatic rings. The molecule has 0 unspecified atom stereocenters. The van der Waals surface area contributed by atoms with Crippen molar-refractivity contribution < 1.29 is 35.9 Å². The third kappa shape index (κ3) is 8.20. The first kappa shape index (κ1) is 35.8. The number of hydrogen-bond acceptors (Lipinski definition) is 6. The van der Waals surface area contributed by atoms with E-state index in [4.69, 9.17) is 5.73 Å². The monoisotopic (exact) mass is 696 g/mol. The second-order valence-corrected chi connectivity index (χ2v) is 12.6. The molecule has 0 aliphatic carbocycles. The van der Waals surface area contributed by atoms with Crippen LogP contribution in [0.25, 0.3) is 11.4 Å². The number of carbonyl (C=O) groups is 2. The average Bonchev–Trinajstić information content (AvgIpc) is 3.45. The smallest absolute Gasteiger partial charge is 0.398 e. The van der Waals surface area contributed by atoms with E-state index in [1.807, 2.05) is 37.2 Å². The number of piperidine rings is 2. The predicted molar refractivity (Wildman–Crippen MR) is 168 cm³/mol. The predicted octanol–water partition coefficient (Wildman–Crippen LogP) is 4.37. The lowest BCUT2D eigenvalue weighted by atomic mass is 9.96. The number of likely N-dealkylation sites (tertiary alicyclic amines) is 2. The molecular weight excluding hydrogens is 658 g/mol. The molecule has 3 amide bonds. The van der Waals surface area contributed by atoms with Gasteiger partial charge in [-0.3, -0.25) is 9.78 Å². The van der Waals surface area contributed by atoms with Crippen LogP contribution in [0.1, 0.15) is 48.4 Å². The highest BCUT2D eigenvalue weighted by molar-refractivity contribution is 5.87. The minimum absolute atomic E-state index is 0.157. The third-order valence-corrected chi connectivity index (χ3v) is 9.18. The molecule has 2 saturated heterocycles. The van der Waals surface area contributed by atoms with Crippen molar-refractivity contribution in [2.45, 2.75) is 62.6 Å². The minimum Gasteiger partial charge on any atom is -0.398 e. The van der Waals surface area contributed by atoms with E-state index in [1.165, 1.54) is 14.5 Å². The van der Waals surface area contributed by atoms with E-state index in [-0.39, 0.29) is 25.2 Å². The van der Waals surface area contributed by atoms with Gasteiger partial charge in [-0.25, -0.2) is 14.3 Å². The van der Waals surface area contributed by atoms with Gasteiger partial charge in [0.2, 0.25) is 5.91 Å². The maximum atomic E-state index is 13.8. The van der Waals surface area contributed by atoms with Gasteiger partial charge in [0.1, 0.15) is 6.04 Å². The van der Waals surface area contributed by atoms with E-state index >= 15 is 0 Å². The Balaban J connectivity index is 1.34. The third-order valence-electron chi connectivity index (χ3n) is 9.18. The number of halogens is 6. The highest BCUT2D eigenvalue weighted by atomic mass is 19.4. The number of hydrogen-bond donors (Lipinski definition) is 3. The number of nitrogen functional groups attached to an aromatic ring is 1. The summed E-state index contributed by atoms with van der Waals surface area (Å²) < 4.78 is 84.0. The number of carbonyl (C=O) groups excluding carboxylic acids is 2. The Labute approximate surface area is 278 Å². The highest BCUT2D eigenvalue weighted by Gasteiger charge is 2.41. The molecule has 0 saturated carbocycles. The second-order valence-electron chi connectivity index (χ2n) is 12.6. The highest BCUT2D eigenvalue weighted by Crippen LogP contribution is 2.42. The molecule has 1 atom stereocenters. The van der Waals surface area contributed by atoms with E-state index in [1.54, 1.807) is 12.1 Å². The zero-order valence-corrected chi connectivity index (χ0v) is 26.9. The van der Waals surface area contributed by atoms with Crippen LogP contribution in [0.15, 0.2) is 47.3 Å². The molecule has 11 nitrogen and oxygen atoms in total. The summed E-state index contributed by atoms with van der Waals surface area (Å²) in [4.78, 5) is 47.6. The maximum absolute atomic E-state index is 13.8. The van der Waals surface area contributed by atoms with Gasteiger partial charge in [-0.15, -0.1) is 5.10 Å². The molecule has 266 valence electrons. The molecule has 0 spiro atoms. The fourth-order valence-corrected chi connectivity index (χ4v) is 6.42. The number of aromatic amines is 1. The van der Waals surface area contributed by atoms with Gasteiger partial charge in [0.25, 0.3) is 0 Å². The van der Waals surface area contributed by atoms with Gasteiger partial charge in [0, 0.05) is 44.2 Å². The van der Waals surface area contributed by atoms with Crippen molar-refractivity contribution in [2.24, 2.45) is 0 Å². The summed E-state index contributed by atoms with van der Waals surface area (Å²) in [6, 6.07) is 7.72. The number of nitrogens with zero attached hydrogens (tertiary/aromatic N) is 5. The number of alkyl halides is 6. The minimum atomic E-state index is -5.20. The maximum Gasteiger partial charge on any atom is 0.418 e. The van der Waals surface area contributed by atoms with Crippen LogP contribution in [0.4, 0.5) is 36.8 Å². The number of benzene rings is 2. The fourth-order valence-electron chi connectivity index (χ4n) is 6.42. The molecule has 4 N–H and O–H groups in total. The van der Waals surface area contributed by atoms with E-state index in [0.717, 1.165) is 5.56 Å². The number of aromatic nitrogens is 3. The van der Waals surface area contributed by atoms with Gasteiger partial charge < -0.3 is 25.8 Å². The number of nitrogens with one attached hydrogen (secondary N) is 2. The van der Waals surface area contributed by atoms with Gasteiger partial charge in [0.15, 0.2) is 5.82 Å². The van der Waals surface area contributed by atoms with Crippen LogP contribution in [0.3, 0.4) is 0 Å². The van der Waals surface area contributed by atoms with E-state index in [9.17, 15) is 40.7 Å². The first-order valence-corrected chi connectivity index (χ1v) is 15.8. The van der Waals surface area contributed by atoms with Crippen LogP contribution in [0.5, 0.6) is 0 Å². The molecule has 3 aromatic rings. The standard InChI is InChI=1S/C32H38F6N8O3/c1-43(2)21-8-12-44(13-9-21)28(47)25(18-19-16-23(31(33,34)35)26(39)24(17-19)32(36,37)38)40-29(48)45-14-10-22(11-15-45)46-30(49)41-27(42-46)20-6-4-3-5-7-20/h3-7,16-17,21-22,25H,8-15,18,39H2,1-2H3,(H,40,48)(H,41,42,49)/t25-/m1/s1. The topological polar surface area (TPSA) is 133 Å². The van der Waals surface area contributed by atoms with Crippen molar-refractivity contribution in [1.29, 1.82) is 0 Å². The van der Waals surface area contributed by atoms with Crippen LogP contribution in [-0.2, 0) is 23.6 Å². The van der Waals surface area contributed by atoms with Crippen molar-refractivity contribution in [3.05, 3.63) is 69.6 Å². The molecule has 2 aliphatic heterocycles. The van der Waals surface area contributed by atoms with Crippen molar-refractivity contribution in [2.75, 3.05) is 46.0 Å². The van der Waals surface area contributed by atoms with Crippen molar-refractivity contribution in [1.82, 2.24) is 34.8 Å². The van der Waals surface area contributed by atoms with Crippen molar-refractivity contribution in [3.63, 3.8) is 0 Å². The molecule has 1 aromatic heterocycles. The van der Waals surface area contributed by atoms with Crippen molar-refractivity contribution >= 4 is 17.6 Å². The normalized spacial score (nSPS) is 17.4. The average molecular weight is 697 g/mol. The fraction of sp³-hybridized carbons (Fsp3) is 0.500. The van der Waals surface area contributed by atoms with E-state index in [0.29, 0.717) is 56.7 Å². The number of urea groups is 1. The zero-order valence-electron chi connectivity index (χ0n) is 26.9. The van der Waals surface area contributed by atoms with Gasteiger partial charge >= 0.3 is 24.1 Å². The summed E-state index contributed by atoms with van der Waals surface area (Å²) in [5.41, 5.74) is 0.365. The quantitative estimate of drug-likeness (QED) is 0.249.